The molecule has 0 saturated heterocycles. The molecule has 3 aromatic rings. The molecule has 126 valence electrons. The fourth-order valence-electron chi connectivity index (χ4n) is 2.38. The number of aromatic nitrogens is 2. The standard InChI is InChI=1S/C18H15FN4O2/c19-13-7-4-8-14(11-13)23-10-9-15(22-23)18(25)21-16(17(20)24)12-5-2-1-3-6-12/h1-11,16H,(H2,20,24)(H,21,25). The molecule has 0 spiro atoms. The lowest BCUT2D eigenvalue weighted by Crippen LogP contribution is -2.37. The molecule has 2 aromatic carbocycles. The lowest BCUT2D eigenvalue weighted by atomic mass is 10.1. The van der Waals surface area contributed by atoms with E-state index < -0.39 is 23.7 Å². The van der Waals surface area contributed by atoms with Gasteiger partial charge in [0.25, 0.3) is 5.91 Å². The van der Waals surface area contributed by atoms with Gasteiger partial charge in [-0.3, -0.25) is 9.59 Å². The molecule has 7 heteroatoms. The normalized spacial score (nSPS) is 11.7. The molecule has 2 amide bonds. The van der Waals surface area contributed by atoms with Crippen LogP contribution in [0.25, 0.3) is 5.69 Å². The van der Waals surface area contributed by atoms with Crippen LogP contribution in [0.4, 0.5) is 4.39 Å². The zero-order chi connectivity index (χ0) is 17.8. The van der Waals surface area contributed by atoms with Gasteiger partial charge in [0.1, 0.15) is 11.9 Å². The third-order valence-corrected chi connectivity index (χ3v) is 3.59. The van der Waals surface area contributed by atoms with Crippen LogP contribution in [0.1, 0.15) is 22.1 Å². The summed E-state index contributed by atoms with van der Waals surface area (Å²) >= 11 is 0. The molecule has 0 aliphatic rings. The second-order valence-electron chi connectivity index (χ2n) is 5.34. The summed E-state index contributed by atoms with van der Waals surface area (Å²) in [6.07, 6.45) is 1.53. The second kappa shape index (κ2) is 6.96. The quantitative estimate of drug-likeness (QED) is 0.745. The highest BCUT2D eigenvalue weighted by atomic mass is 19.1. The van der Waals surface area contributed by atoms with E-state index in [4.69, 9.17) is 5.73 Å². The minimum atomic E-state index is -0.965. The molecular formula is C18H15FN4O2. The smallest absolute Gasteiger partial charge is 0.272 e. The average Bonchev–Trinajstić information content (AvgIpc) is 3.10. The minimum absolute atomic E-state index is 0.0893. The highest BCUT2D eigenvalue weighted by Crippen LogP contribution is 2.14. The predicted octanol–water partition coefficient (Wildman–Crippen LogP) is 1.97. The van der Waals surface area contributed by atoms with Crippen LogP contribution in [0, 0.1) is 5.82 Å². The average molecular weight is 338 g/mol. The molecule has 0 aliphatic carbocycles. The van der Waals surface area contributed by atoms with E-state index in [1.807, 2.05) is 0 Å². The van der Waals surface area contributed by atoms with Crippen LogP contribution >= 0.6 is 0 Å². The maximum atomic E-state index is 13.3. The van der Waals surface area contributed by atoms with Gasteiger partial charge in [-0.2, -0.15) is 5.10 Å². The van der Waals surface area contributed by atoms with Gasteiger partial charge in [0, 0.05) is 6.20 Å². The van der Waals surface area contributed by atoms with E-state index in [-0.39, 0.29) is 5.69 Å². The Balaban J connectivity index is 1.80. The zero-order valence-corrected chi connectivity index (χ0v) is 13.1. The third kappa shape index (κ3) is 3.72. The Morgan fingerprint density at radius 1 is 1.08 bits per heavy atom. The van der Waals surface area contributed by atoms with Crippen molar-refractivity contribution in [3.8, 4) is 5.69 Å². The number of hydrogen-bond donors (Lipinski definition) is 2. The Morgan fingerprint density at radius 3 is 2.52 bits per heavy atom. The molecule has 3 N–H and O–H groups in total. The first-order valence-electron chi connectivity index (χ1n) is 7.51. The van der Waals surface area contributed by atoms with Crippen LogP contribution in [0.5, 0.6) is 0 Å². The maximum absolute atomic E-state index is 13.3. The Morgan fingerprint density at radius 2 is 1.84 bits per heavy atom. The van der Waals surface area contributed by atoms with E-state index in [0.29, 0.717) is 11.3 Å². The summed E-state index contributed by atoms with van der Waals surface area (Å²) in [7, 11) is 0. The molecular weight excluding hydrogens is 323 g/mol. The molecule has 25 heavy (non-hydrogen) atoms. The largest absolute Gasteiger partial charge is 0.368 e. The number of benzene rings is 2. The number of nitrogens with zero attached hydrogens (tertiary/aromatic N) is 2. The molecule has 0 radical (unpaired) electrons. The first-order valence-corrected chi connectivity index (χ1v) is 7.51. The number of nitrogens with two attached hydrogens (primary N) is 1. The van der Waals surface area contributed by atoms with E-state index in [1.54, 1.807) is 42.5 Å². The van der Waals surface area contributed by atoms with Gasteiger partial charge in [-0.25, -0.2) is 9.07 Å². The van der Waals surface area contributed by atoms with Crippen molar-refractivity contribution in [1.29, 1.82) is 0 Å². The molecule has 0 aliphatic heterocycles. The first kappa shape index (κ1) is 16.4. The second-order valence-corrected chi connectivity index (χ2v) is 5.34. The molecule has 0 fully saturated rings. The van der Waals surface area contributed by atoms with Gasteiger partial charge in [-0.1, -0.05) is 36.4 Å². The first-order chi connectivity index (χ1) is 12.0. The fourth-order valence-corrected chi connectivity index (χ4v) is 2.38. The van der Waals surface area contributed by atoms with E-state index in [1.165, 1.54) is 29.1 Å². The predicted molar refractivity (Wildman–Crippen MR) is 89.4 cm³/mol. The van der Waals surface area contributed by atoms with Crippen LogP contribution in [0.3, 0.4) is 0 Å². The fraction of sp³-hybridized carbons (Fsp3) is 0.0556. The van der Waals surface area contributed by atoms with Crippen molar-refractivity contribution in [3.05, 3.63) is 83.9 Å². The summed E-state index contributed by atoms with van der Waals surface area (Å²) in [6.45, 7) is 0. The van der Waals surface area contributed by atoms with Crippen LogP contribution in [0.2, 0.25) is 0 Å². The Hall–Kier alpha value is -3.48. The lowest BCUT2D eigenvalue weighted by Gasteiger charge is -2.14. The number of carbonyl (C=O) groups is 2. The lowest BCUT2D eigenvalue weighted by molar-refractivity contribution is -0.120. The summed E-state index contributed by atoms with van der Waals surface area (Å²) in [6, 6.07) is 15.0. The molecule has 1 atom stereocenters. The molecule has 0 saturated carbocycles. The molecule has 0 bridgehead atoms. The van der Waals surface area contributed by atoms with E-state index in [2.05, 4.69) is 10.4 Å². The zero-order valence-electron chi connectivity index (χ0n) is 13.1. The minimum Gasteiger partial charge on any atom is -0.368 e. The van der Waals surface area contributed by atoms with Crippen molar-refractivity contribution in [3.63, 3.8) is 0 Å². The number of carbonyl (C=O) groups excluding carboxylic acids is 2. The van der Waals surface area contributed by atoms with Gasteiger partial charge in [0.05, 0.1) is 5.69 Å². The van der Waals surface area contributed by atoms with Gasteiger partial charge in [0.15, 0.2) is 5.69 Å². The molecule has 1 unspecified atom stereocenters. The van der Waals surface area contributed by atoms with E-state index >= 15 is 0 Å². The van der Waals surface area contributed by atoms with E-state index in [0.717, 1.165) is 0 Å². The highest BCUT2D eigenvalue weighted by Gasteiger charge is 2.22. The Bertz CT molecular complexity index is 908. The van der Waals surface area contributed by atoms with E-state index in [9.17, 15) is 14.0 Å². The summed E-state index contributed by atoms with van der Waals surface area (Å²) in [5.74, 6) is -1.64. The van der Waals surface area contributed by atoms with Gasteiger partial charge in [-0.15, -0.1) is 0 Å². The van der Waals surface area contributed by atoms with Crippen molar-refractivity contribution in [2.24, 2.45) is 5.73 Å². The summed E-state index contributed by atoms with van der Waals surface area (Å²) in [4.78, 5) is 24.0. The Labute approximate surface area is 143 Å². The van der Waals surface area contributed by atoms with Crippen molar-refractivity contribution in [1.82, 2.24) is 15.1 Å². The number of hydrogen-bond acceptors (Lipinski definition) is 3. The third-order valence-electron chi connectivity index (χ3n) is 3.59. The van der Waals surface area contributed by atoms with Crippen molar-refractivity contribution in [2.75, 3.05) is 0 Å². The SMILES string of the molecule is NC(=O)C(NC(=O)c1ccn(-c2cccc(F)c2)n1)c1ccccc1. The summed E-state index contributed by atoms with van der Waals surface area (Å²) in [5, 5.41) is 6.68. The number of nitrogens with one attached hydrogen (secondary N) is 1. The molecule has 3 rings (SSSR count). The van der Waals surface area contributed by atoms with Gasteiger partial charge in [0.2, 0.25) is 5.91 Å². The van der Waals surface area contributed by atoms with Crippen molar-refractivity contribution < 1.29 is 14.0 Å². The van der Waals surface area contributed by atoms with Gasteiger partial charge >= 0.3 is 0 Å². The maximum Gasteiger partial charge on any atom is 0.272 e. The number of primary amides is 1. The monoisotopic (exact) mass is 338 g/mol. The summed E-state index contributed by atoms with van der Waals surface area (Å²) < 4.78 is 14.7. The van der Waals surface area contributed by atoms with Crippen molar-refractivity contribution >= 4 is 11.8 Å². The van der Waals surface area contributed by atoms with Gasteiger partial charge < -0.3 is 11.1 Å². The van der Waals surface area contributed by atoms with Crippen LogP contribution in [-0.2, 0) is 4.79 Å². The summed E-state index contributed by atoms with van der Waals surface area (Å²) in [5.41, 5.74) is 6.53. The molecule has 6 nitrogen and oxygen atoms in total. The highest BCUT2D eigenvalue weighted by molar-refractivity contribution is 5.96. The molecule has 1 heterocycles. The number of halogens is 1. The van der Waals surface area contributed by atoms with Gasteiger partial charge in [-0.05, 0) is 29.8 Å². The Kier molecular flexibility index (Phi) is 4.56. The van der Waals surface area contributed by atoms with Crippen molar-refractivity contribution in [2.45, 2.75) is 6.04 Å². The van der Waals surface area contributed by atoms with Crippen LogP contribution < -0.4 is 11.1 Å². The number of rotatable bonds is 5. The molecule has 1 aromatic heterocycles. The van der Waals surface area contributed by atoms with Crippen LogP contribution in [-0.4, -0.2) is 21.6 Å². The number of amides is 2. The van der Waals surface area contributed by atoms with Crippen LogP contribution in [0.15, 0.2) is 66.9 Å². The topological polar surface area (TPSA) is 90.0 Å².